The third-order valence-electron chi connectivity index (χ3n) is 1.55. The highest BCUT2D eigenvalue weighted by molar-refractivity contribution is 5.84. The molecule has 0 amide bonds. The number of rotatable bonds is 4. The van der Waals surface area contributed by atoms with E-state index in [4.69, 9.17) is 0 Å². The molecule has 0 spiro atoms. The monoisotopic (exact) mass is 172 g/mol. The van der Waals surface area contributed by atoms with Gasteiger partial charge in [0.25, 0.3) is 0 Å². The maximum absolute atomic E-state index is 10.9. The van der Waals surface area contributed by atoms with E-state index in [1.54, 1.807) is 0 Å². The number of carbonyl (C=O) groups is 2. The number of carbonyl (C=O) groups excluding carboxylic acids is 2. The molecule has 0 aromatic heterocycles. The molecule has 0 radical (unpaired) electrons. The van der Waals surface area contributed by atoms with Crippen LogP contribution in [0, 0.1) is 5.92 Å². The van der Waals surface area contributed by atoms with Gasteiger partial charge in [-0.2, -0.15) is 0 Å². The molecular weight excluding hydrogens is 156 g/mol. The fourth-order valence-electron chi connectivity index (χ4n) is 1.08. The van der Waals surface area contributed by atoms with E-state index in [1.807, 2.05) is 6.92 Å². The quantitative estimate of drug-likeness (QED) is 0.480. The minimum atomic E-state index is -0.524. The van der Waals surface area contributed by atoms with Crippen molar-refractivity contribution in [3.05, 3.63) is 0 Å². The summed E-state index contributed by atoms with van der Waals surface area (Å²) in [5.41, 5.74) is 0. The highest BCUT2D eigenvalue weighted by Gasteiger charge is 2.10. The molecule has 3 nitrogen and oxygen atoms in total. The summed E-state index contributed by atoms with van der Waals surface area (Å²) in [6, 6.07) is 0. The van der Waals surface area contributed by atoms with E-state index in [0.717, 1.165) is 12.8 Å². The van der Waals surface area contributed by atoms with Gasteiger partial charge in [-0.25, -0.2) is 0 Å². The van der Waals surface area contributed by atoms with Crippen LogP contribution in [-0.4, -0.2) is 11.9 Å². The molecule has 0 fully saturated rings. The highest BCUT2D eigenvalue weighted by atomic mass is 16.6. The lowest BCUT2D eigenvalue weighted by atomic mass is 10.0. The second-order valence-corrected chi connectivity index (χ2v) is 3.06. The molecule has 0 aliphatic rings. The van der Waals surface area contributed by atoms with Crippen molar-refractivity contribution in [2.45, 2.75) is 40.0 Å². The minimum absolute atomic E-state index is 0.307. The SMILES string of the molecule is CCC[C@@H](C)CC(=O)OC(C)=O. The van der Waals surface area contributed by atoms with Crippen molar-refractivity contribution in [1.29, 1.82) is 0 Å². The lowest BCUT2D eigenvalue weighted by Gasteiger charge is -2.07. The molecule has 0 saturated heterocycles. The van der Waals surface area contributed by atoms with Gasteiger partial charge >= 0.3 is 11.9 Å². The summed E-state index contributed by atoms with van der Waals surface area (Å²) in [4.78, 5) is 21.2. The number of ether oxygens (including phenoxy) is 1. The first-order valence-electron chi connectivity index (χ1n) is 4.27. The zero-order valence-electron chi connectivity index (χ0n) is 7.92. The third-order valence-corrected chi connectivity index (χ3v) is 1.55. The molecule has 0 unspecified atom stereocenters. The summed E-state index contributed by atoms with van der Waals surface area (Å²) in [5, 5.41) is 0. The molecule has 0 saturated carbocycles. The van der Waals surface area contributed by atoms with Crippen molar-refractivity contribution in [3.8, 4) is 0 Å². The summed E-state index contributed by atoms with van der Waals surface area (Å²) in [6.45, 7) is 5.28. The lowest BCUT2D eigenvalue weighted by Crippen LogP contribution is -2.12. The van der Waals surface area contributed by atoms with Crippen molar-refractivity contribution in [3.63, 3.8) is 0 Å². The summed E-state index contributed by atoms with van der Waals surface area (Å²) in [6.07, 6.45) is 2.38. The Balaban J connectivity index is 3.61. The van der Waals surface area contributed by atoms with Crippen LogP contribution in [0.4, 0.5) is 0 Å². The van der Waals surface area contributed by atoms with E-state index >= 15 is 0 Å². The van der Waals surface area contributed by atoms with Crippen LogP contribution in [0.15, 0.2) is 0 Å². The molecule has 0 aromatic rings. The van der Waals surface area contributed by atoms with E-state index in [2.05, 4.69) is 11.7 Å². The largest absolute Gasteiger partial charge is 0.393 e. The molecule has 0 heterocycles. The van der Waals surface area contributed by atoms with Gasteiger partial charge in [-0.1, -0.05) is 26.7 Å². The van der Waals surface area contributed by atoms with Gasteiger partial charge in [0.1, 0.15) is 0 Å². The molecule has 70 valence electrons. The van der Waals surface area contributed by atoms with Gasteiger partial charge in [-0.05, 0) is 5.92 Å². The smallest absolute Gasteiger partial charge is 0.313 e. The number of hydrogen-bond acceptors (Lipinski definition) is 3. The summed E-state index contributed by atoms with van der Waals surface area (Å²) >= 11 is 0. The minimum Gasteiger partial charge on any atom is -0.393 e. The van der Waals surface area contributed by atoms with Crippen LogP contribution in [0.3, 0.4) is 0 Å². The number of esters is 2. The van der Waals surface area contributed by atoms with Crippen molar-refractivity contribution >= 4 is 11.9 Å². The normalized spacial score (nSPS) is 12.2. The van der Waals surface area contributed by atoms with E-state index in [-0.39, 0.29) is 0 Å². The first-order valence-corrected chi connectivity index (χ1v) is 4.27. The van der Waals surface area contributed by atoms with Crippen LogP contribution in [-0.2, 0) is 14.3 Å². The second-order valence-electron chi connectivity index (χ2n) is 3.06. The Morgan fingerprint density at radius 3 is 2.42 bits per heavy atom. The van der Waals surface area contributed by atoms with Gasteiger partial charge in [0.2, 0.25) is 0 Å². The Labute approximate surface area is 73.1 Å². The van der Waals surface area contributed by atoms with Gasteiger partial charge in [0, 0.05) is 13.3 Å². The van der Waals surface area contributed by atoms with Crippen LogP contribution in [0.1, 0.15) is 40.0 Å². The molecule has 0 aliphatic heterocycles. The molecular formula is C9H16O3. The fraction of sp³-hybridized carbons (Fsp3) is 0.778. The average Bonchev–Trinajstić information content (AvgIpc) is 1.84. The van der Waals surface area contributed by atoms with Gasteiger partial charge in [0.15, 0.2) is 0 Å². The van der Waals surface area contributed by atoms with Crippen molar-refractivity contribution in [2.75, 3.05) is 0 Å². The Morgan fingerprint density at radius 1 is 1.42 bits per heavy atom. The molecule has 1 atom stereocenters. The summed E-state index contributed by atoms with van der Waals surface area (Å²) in [7, 11) is 0. The summed E-state index contributed by atoms with van der Waals surface area (Å²) < 4.78 is 4.39. The zero-order chi connectivity index (χ0) is 9.56. The van der Waals surface area contributed by atoms with Crippen molar-refractivity contribution < 1.29 is 14.3 Å². The highest BCUT2D eigenvalue weighted by Crippen LogP contribution is 2.10. The van der Waals surface area contributed by atoms with Gasteiger partial charge in [-0.15, -0.1) is 0 Å². The van der Waals surface area contributed by atoms with Crippen LogP contribution in [0.5, 0.6) is 0 Å². The Kier molecular flexibility index (Phi) is 5.34. The zero-order valence-corrected chi connectivity index (χ0v) is 7.92. The van der Waals surface area contributed by atoms with Crippen LogP contribution < -0.4 is 0 Å². The lowest BCUT2D eigenvalue weighted by molar-refractivity contribution is -0.158. The molecule has 0 bridgehead atoms. The standard InChI is InChI=1S/C9H16O3/c1-4-5-7(2)6-9(11)12-8(3)10/h7H,4-6H2,1-3H3/t7-/m1/s1. The Bertz CT molecular complexity index is 163. The van der Waals surface area contributed by atoms with Crippen molar-refractivity contribution in [1.82, 2.24) is 0 Å². The molecule has 3 heteroatoms. The second kappa shape index (κ2) is 5.75. The maximum atomic E-state index is 10.9. The van der Waals surface area contributed by atoms with Crippen LogP contribution in [0.2, 0.25) is 0 Å². The third kappa shape index (κ3) is 5.89. The molecule has 0 N–H and O–H groups in total. The van der Waals surface area contributed by atoms with E-state index < -0.39 is 11.9 Å². The molecule has 0 aliphatic carbocycles. The molecule has 12 heavy (non-hydrogen) atoms. The van der Waals surface area contributed by atoms with Gasteiger partial charge in [0.05, 0.1) is 0 Å². The summed E-state index contributed by atoms with van der Waals surface area (Å²) in [5.74, 6) is -0.631. The average molecular weight is 172 g/mol. The Hall–Kier alpha value is -0.860. The van der Waals surface area contributed by atoms with Gasteiger partial charge < -0.3 is 4.74 Å². The Morgan fingerprint density at radius 2 is 2.00 bits per heavy atom. The van der Waals surface area contributed by atoms with E-state index in [0.29, 0.717) is 12.3 Å². The van der Waals surface area contributed by atoms with E-state index in [9.17, 15) is 9.59 Å². The van der Waals surface area contributed by atoms with Gasteiger partial charge in [-0.3, -0.25) is 9.59 Å². The molecule has 0 aromatic carbocycles. The fourth-order valence-corrected chi connectivity index (χ4v) is 1.08. The predicted molar refractivity (Wildman–Crippen MR) is 45.5 cm³/mol. The molecule has 0 rings (SSSR count). The maximum Gasteiger partial charge on any atom is 0.313 e. The number of hydrogen-bond donors (Lipinski definition) is 0. The van der Waals surface area contributed by atoms with Crippen molar-refractivity contribution in [2.24, 2.45) is 5.92 Å². The first kappa shape index (κ1) is 11.1. The predicted octanol–water partition coefficient (Wildman–Crippen LogP) is 1.90. The van der Waals surface area contributed by atoms with Crippen LogP contribution >= 0.6 is 0 Å². The van der Waals surface area contributed by atoms with Crippen LogP contribution in [0.25, 0.3) is 0 Å². The van der Waals surface area contributed by atoms with E-state index in [1.165, 1.54) is 6.92 Å². The topological polar surface area (TPSA) is 43.4 Å². The first-order chi connectivity index (χ1) is 5.56.